The van der Waals surface area contributed by atoms with Crippen LogP contribution in [0.3, 0.4) is 0 Å². The third-order valence-electron chi connectivity index (χ3n) is 3.88. The van der Waals surface area contributed by atoms with Gasteiger partial charge in [0.1, 0.15) is 12.4 Å². The van der Waals surface area contributed by atoms with E-state index < -0.39 is 0 Å². The fourth-order valence-electron chi connectivity index (χ4n) is 2.74. The normalized spacial score (nSPS) is 15.3. The van der Waals surface area contributed by atoms with Crippen LogP contribution in [0.1, 0.15) is 24.0 Å². The zero-order valence-corrected chi connectivity index (χ0v) is 13.1. The van der Waals surface area contributed by atoms with Crippen molar-refractivity contribution in [1.29, 1.82) is 0 Å². The average molecular weight is 289 g/mol. The number of benzene rings is 1. The molecule has 1 aromatic rings. The van der Waals surface area contributed by atoms with Gasteiger partial charge in [-0.3, -0.25) is 0 Å². The van der Waals surface area contributed by atoms with Gasteiger partial charge in [0.2, 0.25) is 0 Å². The highest BCUT2D eigenvalue weighted by Gasteiger charge is 2.10. The maximum absolute atomic E-state index is 5.91. The van der Waals surface area contributed by atoms with Crippen LogP contribution in [-0.2, 0) is 11.2 Å². The maximum atomic E-state index is 5.91. The van der Waals surface area contributed by atoms with Gasteiger partial charge in [0.05, 0.1) is 13.2 Å². The minimum Gasteiger partial charge on any atom is -0.491 e. The fraction of sp³-hybridized carbons (Fsp3) is 0.556. The first-order valence-electron chi connectivity index (χ1n) is 7.93. The van der Waals surface area contributed by atoms with E-state index in [1.54, 1.807) is 0 Å². The Morgan fingerprint density at radius 2 is 2.00 bits per heavy atom. The largest absolute Gasteiger partial charge is 0.491 e. The van der Waals surface area contributed by atoms with Crippen molar-refractivity contribution in [3.8, 4) is 5.75 Å². The second-order valence-electron chi connectivity index (χ2n) is 5.57. The molecule has 1 aliphatic heterocycles. The van der Waals surface area contributed by atoms with Crippen molar-refractivity contribution in [3.05, 3.63) is 42.0 Å². The lowest BCUT2D eigenvalue weighted by Crippen LogP contribution is -2.24. The summed E-state index contributed by atoms with van der Waals surface area (Å²) in [6.07, 6.45) is 5.42. The van der Waals surface area contributed by atoms with E-state index in [2.05, 4.69) is 36.6 Å². The molecule has 0 unspecified atom stereocenters. The zero-order chi connectivity index (χ0) is 14.9. The Morgan fingerprint density at radius 3 is 2.76 bits per heavy atom. The van der Waals surface area contributed by atoms with Gasteiger partial charge in [0.25, 0.3) is 0 Å². The van der Waals surface area contributed by atoms with Crippen LogP contribution in [0.5, 0.6) is 5.75 Å². The Kier molecular flexibility index (Phi) is 6.77. The summed E-state index contributed by atoms with van der Waals surface area (Å²) in [5.41, 5.74) is 2.37. The fourth-order valence-corrected chi connectivity index (χ4v) is 2.74. The van der Waals surface area contributed by atoms with Crippen LogP contribution in [0.15, 0.2) is 30.9 Å². The molecule has 1 heterocycles. The molecular weight excluding hydrogens is 262 g/mol. The summed E-state index contributed by atoms with van der Waals surface area (Å²) in [6.45, 7) is 11.4. The second kappa shape index (κ2) is 8.85. The van der Waals surface area contributed by atoms with Crippen molar-refractivity contribution >= 4 is 0 Å². The molecule has 3 nitrogen and oxygen atoms in total. The minimum atomic E-state index is 0.606. The van der Waals surface area contributed by atoms with Crippen LogP contribution < -0.4 is 4.74 Å². The number of allylic oxidation sites excluding steroid dienone is 1. The van der Waals surface area contributed by atoms with E-state index in [4.69, 9.17) is 9.47 Å². The van der Waals surface area contributed by atoms with E-state index in [9.17, 15) is 0 Å². The van der Waals surface area contributed by atoms with Crippen molar-refractivity contribution in [3.63, 3.8) is 0 Å². The number of likely N-dealkylation sites (tertiary alicyclic amines) is 1. The molecule has 0 amide bonds. The smallest absolute Gasteiger partial charge is 0.125 e. The molecule has 1 aromatic carbocycles. The van der Waals surface area contributed by atoms with E-state index in [1.807, 2.05) is 6.08 Å². The summed E-state index contributed by atoms with van der Waals surface area (Å²) >= 11 is 0. The molecule has 116 valence electrons. The van der Waals surface area contributed by atoms with Gasteiger partial charge in [-0.2, -0.15) is 0 Å². The second-order valence-corrected chi connectivity index (χ2v) is 5.57. The van der Waals surface area contributed by atoms with Crippen molar-refractivity contribution < 1.29 is 9.47 Å². The highest BCUT2D eigenvalue weighted by atomic mass is 16.5. The van der Waals surface area contributed by atoms with Crippen molar-refractivity contribution in [2.75, 3.05) is 39.5 Å². The molecule has 1 saturated heterocycles. The van der Waals surface area contributed by atoms with E-state index in [1.165, 1.54) is 37.1 Å². The summed E-state index contributed by atoms with van der Waals surface area (Å²) in [4.78, 5) is 2.46. The first-order valence-corrected chi connectivity index (χ1v) is 7.93. The topological polar surface area (TPSA) is 21.7 Å². The molecule has 3 heteroatoms. The lowest BCUT2D eigenvalue weighted by atomic mass is 10.1. The van der Waals surface area contributed by atoms with Gasteiger partial charge >= 0.3 is 0 Å². The maximum Gasteiger partial charge on any atom is 0.125 e. The van der Waals surface area contributed by atoms with Crippen LogP contribution in [-0.4, -0.2) is 44.4 Å². The quantitative estimate of drug-likeness (QED) is 0.515. The van der Waals surface area contributed by atoms with Crippen molar-refractivity contribution in [2.24, 2.45) is 0 Å². The molecule has 2 rings (SSSR count). The van der Waals surface area contributed by atoms with E-state index in [0.29, 0.717) is 13.2 Å². The Balaban J connectivity index is 1.67. The molecule has 0 bridgehead atoms. The zero-order valence-electron chi connectivity index (χ0n) is 13.1. The number of aryl methyl sites for hydroxylation is 1. The molecule has 0 radical (unpaired) electrons. The number of hydrogen-bond donors (Lipinski definition) is 0. The molecule has 1 aliphatic rings. The average Bonchev–Trinajstić information content (AvgIpc) is 2.98. The molecule has 0 aromatic heterocycles. The molecule has 21 heavy (non-hydrogen) atoms. The molecule has 0 saturated carbocycles. The first kappa shape index (κ1) is 16.1. The molecule has 1 fully saturated rings. The Labute approximate surface area is 128 Å². The molecule has 0 spiro atoms. The standard InChI is InChI=1S/C18H27NO2/c1-3-7-17-9-6-8-16(2)18(17)21-15-14-20-13-12-19-10-4-5-11-19/h3,6,8-9H,1,4-5,7,10-15H2,2H3. The number of hydrogen-bond acceptors (Lipinski definition) is 3. The van der Waals surface area contributed by atoms with Gasteiger partial charge in [0, 0.05) is 6.54 Å². The molecule has 0 atom stereocenters. The Hall–Kier alpha value is -1.32. The molecule has 0 aliphatic carbocycles. The van der Waals surface area contributed by atoms with E-state index in [0.717, 1.165) is 25.3 Å². The summed E-state index contributed by atoms with van der Waals surface area (Å²) < 4.78 is 11.6. The first-order chi connectivity index (χ1) is 10.3. The number of rotatable bonds is 9. The number of nitrogens with zero attached hydrogens (tertiary/aromatic N) is 1. The van der Waals surface area contributed by atoms with Crippen LogP contribution in [0, 0.1) is 6.92 Å². The minimum absolute atomic E-state index is 0.606. The van der Waals surface area contributed by atoms with Crippen molar-refractivity contribution in [2.45, 2.75) is 26.2 Å². The predicted octanol–water partition coefficient (Wildman–Crippen LogP) is 3.21. The summed E-state index contributed by atoms with van der Waals surface area (Å²) in [5.74, 6) is 0.987. The summed E-state index contributed by atoms with van der Waals surface area (Å²) in [7, 11) is 0. The van der Waals surface area contributed by atoms with Gasteiger partial charge in [-0.25, -0.2) is 0 Å². The van der Waals surface area contributed by atoms with Gasteiger partial charge in [-0.15, -0.1) is 6.58 Å². The van der Waals surface area contributed by atoms with Gasteiger partial charge < -0.3 is 14.4 Å². The van der Waals surface area contributed by atoms with Gasteiger partial charge in [0.15, 0.2) is 0 Å². The highest BCUT2D eigenvalue weighted by Crippen LogP contribution is 2.24. The van der Waals surface area contributed by atoms with Gasteiger partial charge in [-0.1, -0.05) is 24.3 Å². The monoisotopic (exact) mass is 289 g/mol. The molecule has 0 N–H and O–H groups in total. The summed E-state index contributed by atoms with van der Waals surface area (Å²) in [5, 5.41) is 0. The SMILES string of the molecule is C=CCc1cccc(C)c1OCCOCCN1CCCC1. The van der Waals surface area contributed by atoms with Crippen LogP contribution in [0.4, 0.5) is 0 Å². The lowest BCUT2D eigenvalue weighted by molar-refractivity contribution is 0.0842. The van der Waals surface area contributed by atoms with E-state index >= 15 is 0 Å². The number of para-hydroxylation sites is 1. The van der Waals surface area contributed by atoms with E-state index in [-0.39, 0.29) is 0 Å². The van der Waals surface area contributed by atoms with Crippen LogP contribution in [0.2, 0.25) is 0 Å². The summed E-state index contributed by atoms with van der Waals surface area (Å²) in [6, 6.07) is 6.24. The highest BCUT2D eigenvalue weighted by molar-refractivity contribution is 5.41. The predicted molar refractivity (Wildman–Crippen MR) is 87.1 cm³/mol. The Morgan fingerprint density at radius 1 is 1.19 bits per heavy atom. The Bertz CT molecular complexity index is 439. The van der Waals surface area contributed by atoms with Crippen LogP contribution in [0.25, 0.3) is 0 Å². The third kappa shape index (κ3) is 5.18. The molecular formula is C18H27NO2. The van der Waals surface area contributed by atoms with Gasteiger partial charge in [-0.05, 0) is 50.4 Å². The van der Waals surface area contributed by atoms with Crippen LogP contribution >= 0.6 is 0 Å². The van der Waals surface area contributed by atoms with Crippen molar-refractivity contribution in [1.82, 2.24) is 4.90 Å². The lowest BCUT2D eigenvalue weighted by Gasteiger charge is -2.15. The third-order valence-corrected chi connectivity index (χ3v) is 3.88. The number of ether oxygens (including phenoxy) is 2.